The minimum absolute atomic E-state index is 0.0397. The van der Waals surface area contributed by atoms with E-state index in [1.807, 2.05) is 43.5 Å². The lowest BCUT2D eigenvalue weighted by Gasteiger charge is -2.31. The van der Waals surface area contributed by atoms with Gasteiger partial charge in [-0.05, 0) is 50.5 Å². The molecule has 0 spiro atoms. The second-order valence-electron chi connectivity index (χ2n) is 7.19. The van der Waals surface area contributed by atoms with Gasteiger partial charge in [0.2, 0.25) is 5.91 Å². The Balaban J connectivity index is 2.00. The largest absolute Gasteiger partial charge is 0.494 e. The Labute approximate surface area is 160 Å². The van der Waals surface area contributed by atoms with Crippen LogP contribution in [0.5, 0.6) is 5.75 Å². The van der Waals surface area contributed by atoms with Crippen LogP contribution in [0.25, 0.3) is 10.6 Å². The van der Waals surface area contributed by atoms with Crippen LogP contribution in [0.2, 0.25) is 0 Å². The first-order valence-electron chi connectivity index (χ1n) is 9.04. The third-order valence-electron chi connectivity index (χ3n) is 4.06. The van der Waals surface area contributed by atoms with Gasteiger partial charge in [-0.25, -0.2) is 4.98 Å². The van der Waals surface area contributed by atoms with Crippen LogP contribution in [-0.2, 0) is 11.2 Å². The highest BCUT2D eigenvalue weighted by atomic mass is 32.1. The number of carbonyl (C=O) groups excluding carboxylic acids is 1. The molecule has 0 radical (unpaired) electrons. The van der Waals surface area contributed by atoms with Gasteiger partial charge in [0.15, 0.2) is 0 Å². The molecule has 142 valence electrons. The maximum absolute atomic E-state index is 12.4. The minimum atomic E-state index is -0.376. The Bertz CT molecular complexity index is 712. The lowest BCUT2D eigenvalue weighted by Crippen LogP contribution is -2.52. The van der Waals surface area contributed by atoms with E-state index < -0.39 is 0 Å². The molecule has 26 heavy (non-hydrogen) atoms. The molecule has 1 amide bonds. The molecule has 0 aliphatic heterocycles. The fourth-order valence-electron chi connectivity index (χ4n) is 3.01. The van der Waals surface area contributed by atoms with Crippen molar-refractivity contribution in [3.8, 4) is 16.3 Å². The molecule has 2 aromatic rings. The second-order valence-corrected chi connectivity index (χ2v) is 8.05. The van der Waals surface area contributed by atoms with Crippen LogP contribution in [-0.4, -0.2) is 29.6 Å². The SMILES string of the molecule is CCOc1ccc(-c2nc(CC(=O)NC(C)(CN)CC(C)C)cs2)cc1. The average Bonchev–Trinajstić information content (AvgIpc) is 3.03. The second kappa shape index (κ2) is 9.14. The maximum atomic E-state index is 12.4. The molecule has 1 heterocycles. The highest BCUT2D eigenvalue weighted by Gasteiger charge is 2.26. The van der Waals surface area contributed by atoms with Gasteiger partial charge in [0.05, 0.1) is 18.7 Å². The topological polar surface area (TPSA) is 77.2 Å². The molecule has 6 heteroatoms. The average molecular weight is 376 g/mol. The highest BCUT2D eigenvalue weighted by Crippen LogP contribution is 2.26. The summed E-state index contributed by atoms with van der Waals surface area (Å²) < 4.78 is 5.46. The highest BCUT2D eigenvalue weighted by molar-refractivity contribution is 7.13. The van der Waals surface area contributed by atoms with Crippen LogP contribution in [0.1, 0.15) is 39.8 Å². The summed E-state index contributed by atoms with van der Waals surface area (Å²) >= 11 is 1.54. The van der Waals surface area contributed by atoms with Crippen LogP contribution in [0.15, 0.2) is 29.6 Å². The van der Waals surface area contributed by atoms with Gasteiger partial charge in [-0.1, -0.05) is 13.8 Å². The van der Waals surface area contributed by atoms with E-state index in [0.29, 0.717) is 19.1 Å². The molecule has 0 saturated carbocycles. The van der Waals surface area contributed by atoms with Gasteiger partial charge in [0, 0.05) is 23.0 Å². The molecule has 0 saturated heterocycles. The lowest BCUT2D eigenvalue weighted by molar-refractivity contribution is -0.122. The summed E-state index contributed by atoms with van der Waals surface area (Å²) in [5, 5.41) is 5.92. The number of hydrogen-bond acceptors (Lipinski definition) is 5. The zero-order valence-corrected chi connectivity index (χ0v) is 16.9. The van der Waals surface area contributed by atoms with E-state index in [-0.39, 0.29) is 17.9 Å². The van der Waals surface area contributed by atoms with E-state index in [1.54, 1.807) is 11.3 Å². The summed E-state index contributed by atoms with van der Waals surface area (Å²) in [6, 6.07) is 7.85. The monoisotopic (exact) mass is 375 g/mol. The number of nitrogens with one attached hydrogen (secondary N) is 1. The number of ether oxygens (including phenoxy) is 1. The van der Waals surface area contributed by atoms with Crippen molar-refractivity contribution >= 4 is 17.2 Å². The first-order valence-corrected chi connectivity index (χ1v) is 9.92. The number of aromatic nitrogens is 1. The molecular formula is C20H29N3O2S. The van der Waals surface area contributed by atoms with E-state index in [2.05, 4.69) is 24.1 Å². The van der Waals surface area contributed by atoms with E-state index in [1.165, 1.54) is 0 Å². The first kappa shape index (κ1) is 20.4. The summed E-state index contributed by atoms with van der Waals surface area (Å²) in [6.45, 7) is 9.28. The van der Waals surface area contributed by atoms with Crippen molar-refractivity contribution in [2.24, 2.45) is 11.7 Å². The van der Waals surface area contributed by atoms with Gasteiger partial charge < -0.3 is 15.8 Å². The molecule has 1 aromatic carbocycles. The molecule has 0 aliphatic carbocycles. The fraction of sp³-hybridized carbons (Fsp3) is 0.500. The normalized spacial score (nSPS) is 13.5. The number of carbonyl (C=O) groups is 1. The first-order chi connectivity index (χ1) is 12.3. The predicted molar refractivity (Wildman–Crippen MR) is 107 cm³/mol. The van der Waals surface area contributed by atoms with Gasteiger partial charge in [-0.2, -0.15) is 0 Å². The Morgan fingerprint density at radius 1 is 1.35 bits per heavy atom. The smallest absolute Gasteiger partial charge is 0.226 e. The number of nitrogens with zero attached hydrogens (tertiary/aromatic N) is 1. The summed E-state index contributed by atoms with van der Waals surface area (Å²) in [5.41, 5.74) is 7.30. The lowest BCUT2D eigenvalue weighted by atomic mass is 9.90. The van der Waals surface area contributed by atoms with Crippen LogP contribution in [0, 0.1) is 5.92 Å². The van der Waals surface area contributed by atoms with E-state index in [9.17, 15) is 4.79 Å². The van der Waals surface area contributed by atoms with Crippen molar-refractivity contribution in [2.75, 3.05) is 13.2 Å². The summed E-state index contributed by atoms with van der Waals surface area (Å²) in [5.74, 6) is 1.27. The summed E-state index contributed by atoms with van der Waals surface area (Å²) in [6.07, 6.45) is 1.12. The fourth-order valence-corrected chi connectivity index (χ4v) is 3.84. The number of thiazole rings is 1. The molecule has 1 unspecified atom stereocenters. The third kappa shape index (κ3) is 5.81. The molecule has 1 aromatic heterocycles. The van der Waals surface area contributed by atoms with Crippen LogP contribution in [0.4, 0.5) is 0 Å². The summed E-state index contributed by atoms with van der Waals surface area (Å²) in [4.78, 5) is 17.0. The van der Waals surface area contributed by atoms with Crippen molar-refractivity contribution in [3.63, 3.8) is 0 Å². The molecule has 3 N–H and O–H groups in total. The summed E-state index contributed by atoms with van der Waals surface area (Å²) in [7, 11) is 0. The van der Waals surface area contributed by atoms with Crippen molar-refractivity contribution in [1.29, 1.82) is 0 Å². The Kier molecular flexibility index (Phi) is 7.17. The maximum Gasteiger partial charge on any atom is 0.226 e. The van der Waals surface area contributed by atoms with Crippen molar-refractivity contribution < 1.29 is 9.53 Å². The van der Waals surface area contributed by atoms with E-state index in [0.717, 1.165) is 28.4 Å². The molecule has 0 aliphatic rings. The number of rotatable bonds is 9. The number of nitrogens with two attached hydrogens (primary N) is 1. The quantitative estimate of drug-likeness (QED) is 0.702. The number of benzene rings is 1. The minimum Gasteiger partial charge on any atom is -0.494 e. The van der Waals surface area contributed by atoms with Crippen LogP contribution < -0.4 is 15.8 Å². The van der Waals surface area contributed by atoms with Crippen molar-refractivity contribution in [3.05, 3.63) is 35.3 Å². The molecule has 5 nitrogen and oxygen atoms in total. The van der Waals surface area contributed by atoms with E-state index in [4.69, 9.17) is 10.5 Å². The van der Waals surface area contributed by atoms with E-state index >= 15 is 0 Å². The Hall–Kier alpha value is -1.92. The van der Waals surface area contributed by atoms with Gasteiger partial charge in [0.25, 0.3) is 0 Å². The van der Waals surface area contributed by atoms with Crippen molar-refractivity contribution in [2.45, 2.75) is 46.1 Å². The van der Waals surface area contributed by atoms with Gasteiger partial charge in [0.1, 0.15) is 10.8 Å². The predicted octanol–water partition coefficient (Wildman–Crippen LogP) is 3.63. The van der Waals surface area contributed by atoms with Gasteiger partial charge >= 0.3 is 0 Å². The zero-order valence-electron chi connectivity index (χ0n) is 16.0. The number of hydrogen-bond donors (Lipinski definition) is 2. The van der Waals surface area contributed by atoms with Gasteiger partial charge in [-0.3, -0.25) is 4.79 Å². The molecular weight excluding hydrogens is 346 g/mol. The molecule has 2 rings (SSSR count). The number of amides is 1. The van der Waals surface area contributed by atoms with Crippen molar-refractivity contribution in [1.82, 2.24) is 10.3 Å². The molecule has 1 atom stereocenters. The standard InChI is InChI=1S/C20H29N3O2S/c1-5-25-17-8-6-15(7-9-17)19-22-16(12-26-19)10-18(24)23-20(4,13-21)11-14(2)3/h6-9,12,14H,5,10-11,13,21H2,1-4H3,(H,23,24). The molecule has 0 bridgehead atoms. The van der Waals surface area contributed by atoms with Crippen LogP contribution >= 0.6 is 11.3 Å². The van der Waals surface area contributed by atoms with Gasteiger partial charge in [-0.15, -0.1) is 11.3 Å². The third-order valence-corrected chi connectivity index (χ3v) is 5.00. The Morgan fingerprint density at radius 3 is 2.62 bits per heavy atom. The molecule has 0 fully saturated rings. The Morgan fingerprint density at radius 2 is 2.04 bits per heavy atom. The zero-order chi connectivity index (χ0) is 19.2. The van der Waals surface area contributed by atoms with Crippen LogP contribution in [0.3, 0.4) is 0 Å².